The van der Waals surface area contributed by atoms with Gasteiger partial charge in [-0.15, -0.1) is 0 Å². The Labute approximate surface area is 200 Å². The minimum atomic E-state index is -1.01. The maximum atomic E-state index is 11.4. The lowest BCUT2D eigenvalue weighted by molar-refractivity contribution is -0.434. The van der Waals surface area contributed by atoms with Crippen molar-refractivity contribution in [3.05, 3.63) is 0 Å². The highest BCUT2D eigenvalue weighted by Crippen LogP contribution is 2.37. The third-order valence-electron chi connectivity index (χ3n) is 6.57. The van der Waals surface area contributed by atoms with Crippen LogP contribution in [0.5, 0.6) is 0 Å². The quantitative estimate of drug-likeness (QED) is 0.177. The standard InChI is InChI=1S/C25H48N2O6/c1-5-6-7-11-14-24(4,29)21-25(15-12-9-8-10-13-18-28,32-26-16-19-30-22(26)2)33-27-17-20-31-23(27)3/h18,22-23,29H,5-17,19-21H2,1-4H3. The van der Waals surface area contributed by atoms with Crippen LogP contribution in [0.4, 0.5) is 0 Å². The van der Waals surface area contributed by atoms with E-state index >= 15 is 0 Å². The van der Waals surface area contributed by atoms with E-state index in [0.29, 0.717) is 52.0 Å². The summed E-state index contributed by atoms with van der Waals surface area (Å²) in [5.41, 5.74) is -0.918. The minimum Gasteiger partial charge on any atom is -0.390 e. The molecule has 0 aliphatic carbocycles. The maximum absolute atomic E-state index is 11.4. The van der Waals surface area contributed by atoms with Crippen LogP contribution in [0.15, 0.2) is 0 Å². The molecule has 0 radical (unpaired) electrons. The second kappa shape index (κ2) is 14.7. The van der Waals surface area contributed by atoms with Crippen LogP contribution in [-0.2, 0) is 23.9 Å². The molecule has 0 spiro atoms. The molecule has 2 rings (SSSR count). The van der Waals surface area contributed by atoms with Crippen molar-refractivity contribution >= 4 is 6.29 Å². The van der Waals surface area contributed by atoms with E-state index in [1.54, 1.807) is 0 Å². The van der Waals surface area contributed by atoms with E-state index in [1.807, 2.05) is 30.9 Å². The number of rotatable bonds is 18. The Bertz CT molecular complexity index is 525. The predicted molar refractivity (Wildman–Crippen MR) is 127 cm³/mol. The van der Waals surface area contributed by atoms with E-state index in [-0.39, 0.29) is 12.5 Å². The van der Waals surface area contributed by atoms with E-state index in [0.717, 1.165) is 44.8 Å². The van der Waals surface area contributed by atoms with Gasteiger partial charge in [0.05, 0.1) is 31.9 Å². The van der Waals surface area contributed by atoms with Gasteiger partial charge in [-0.05, 0) is 40.0 Å². The van der Waals surface area contributed by atoms with Crippen molar-refractivity contribution in [2.75, 3.05) is 26.3 Å². The SMILES string of the molecule is CCCCCCC(C)(O)CC(CCCCCCC=O)(ON1CCOC1C)ON1CCOC1C. The second-order valence-corrected chi connectivity index (χ2v) is 9.92. The van der Waals surface area contributed by atoms with Crippen LogP contribution in [0.2, 0.25) is 0 Å². The average molecular weight is 473 g/mol. The van der Waals surface area contributed by atoms with Crippen molar-refractivity contribution in [1.82, 2.24) is 10.1 Å². The topological polar surface area (TPSA) is 80.7 Å². The number of ether oxygens (including phenoxy) is 2. The van der Waals surface area contributed by atoms with Gasteiger partial charge in [0, 0.05) is 19.3 Å². The first-order chi connectivity index (χ1) is 15.8. The van der Waals surface area contributed by atoms with Gasteiger partial charge < -0.3 is 19.4 Å². The lowest BCUT2D eigenvalue weighted by Crippen LogP contribution is -2.52. The minimum absolute atomic E-state index is 0.165. The molecule has 0 saturated carbocycles. The molecule has 2 fully saturated rings. The fourth-order valence-electron chi connectivity index (χ4n) is 4.66. The fraction of sp³-hybridized carbons (Fsp3) is 0.960. The van der Waals surface area contributed by atoms with Gasteiger partial charge in [-0.2, -0.15) is 10.1 Å². The van der Waals surface area contributed by atoms with Gasteiger partial charge in [-0.3, -0.25) is 9.68 Å². The van der Waals surface area contributed by atoms with Gasteiger partial charge in [0.2, 0.25) is 5.79 Å². The van der Waals surface area contributed by atoms with Gasteiger partial charge in [-0.25, -0.2) is 0 Å². The van der Waals surface area contributed by atoms with Gasteiger partial charge in [0.25, 0.3) is 0 Å². The van der Waals surface area contributed by atoms with E-state index < -0.39 is 11.4 Å². The van der Waals surface area contributed by atoms with Crippen LogP contribution in [0.1, 0.15) is 105 Å². The number of hydroxylamine groups is 4. The number of carbonyl (C=O) groups excluding carboxylic acids is 1. The highest BCUT2D eigenvalue weighted by Gasteiger charge is 2.46. The Morgan fingerprint density at radius 2 is 1.45 bits per heavy atom. The third-order valence-corrected chi connectivity index (χ3v) is 6.57. The van der Waals surface area contributed by atoms with Crippen molar-refractivity contribution in [1.29, 1.82) is 0 Å². The first kappa shape index (κ1) is 28.6. The maximum Gasteiger partial charge on any atom is 0.209 e. The number of aliphatic hydroxyl groups is 1. The van der Waals surface area contributed by atoms with Crippen molar-refractivity contribution < 1.29 is 29.0 Å². The highest BCUT2D eigenvalue weighted by molar-refractivity contribution is 5.48. The van der Waals surface area contributed by atoms with Crippen LogP contribution in [0, 0.1) is 0 Å². The molecule has 3 unspecified atom stereocenters. The number of hydrogen-bond acceptors (Lipinski definition) is 8. The molecule has 0 aromatic rings. The summed E-state index contributed by atoms with van der Waals surface area (Å²) in [5, 5.41) is 15.1. The van der Waals surface area contributed by atoms with Crippen LogP contribution < -0.4 is 0 Å². The number of hydrogen-bond donors (Lipinski definition) is 1. The van der Waals surface area contributed by atoms with Crippen molar-refractivity contribution in [2.24, 2.45) is 0 Å². The Balaban J connectivity index is 2.15. The lowest BCUT2D eigenvalue weighted by Gasteiger charge is -2.43. The molecule has 0 amide bonds. The van der Waals surface area contributed by atoms with E-state index in [2.05, 4.69) is 6.92 Å². The zero-order valence-corrected chi connectivity index (χ0v) is 21.4. The molecule has 0 aromatic heterocycles. The summed E-state index contributed by atoms with van der Waals surface area (Å²) < 4.78 is 11.4. The highest BCUT2D eigenvalue weighted by atomic mass is 16.9. The van der Waals surface area contributed by atoms with Crippen molar-refractivity contribution in [2.45, 2.75) is 129 Å². The molecular formula is C25H48N2O6. The summed E-state index contributed by atoms with van der Waals surface area (Å²) in [7, 11) is 0. The second-order valence-electron chi connectivity index (χ2n) is 9.92. The van der Waals surface area contributed by atoms with E-state index in [1.165, 1.54) is 12.8 Å². The Hall–Kier alpha value is -0.610. The Morgan fingerprint density at radius 3 is 1.97 bits per heavy atom. The first-order valence-corrected chi connectivity index (χ1v) is 13.1. The molecule has 0 bridgehead atoms. The van der Waals surface area contributed by atoms with Gasteiger partial charge in [0.1, 0.15) is 18.7 Å². The van der Waals surface area contributed by atoms with Gasteiger partial charge in [0.15, 0.2) is 0 Å². The summed E-state index contributed by atoms with van der Waals surface area (Å²) in [5.74, 6) is -1.01. The van der Waals surface area contributed by atoms with Crippen LogP contribution in [-0.4, -0.2) is 71.7 Å². The van der Waals surface area contributed by atoms with E-state index in [9.17, 15) is 9.90 Å². The predicted octanol–water partition coefficient (Wildman–Crippen LogP) is 4.55. The molecule has 2 saturated heterocycles. The van der Waals surface area contributed by atoms with Gasteiger partial charge >= 0.3 is 0 Å². The largest absolute Gasteiger partial charge is 0.390 e. The molecule has 8 heteroatoms. The smallest absolute Gasteiger partial charge is 0.209 e. The molecule has 2 aliphatic heterocycles. The summed E-state index contributed by atoms with van der Waals surface area (Å²) >= 11 is 0. The number of unbranched alkanes of at least 4 members (excludes halogenated alkanes) is 7. The Kier molecular flexibility index (Phi) is 12.8. The summed E-state index contributed by atoms with van der Waals surface area (Å²) in [6.07, 6.45) is 11.2. The van der Waals surface area contributed by atoms with Crippen molar-refractivity contribution in [3.8, 4) is 0 Å². The lowest BCUT2D eigenvalue weighted by atomic mass is 9.88. The first-order valence-electron chi connectivity index (χ1n) is 13.1. The zero-order chi connectivity index (χ0) is 24.2. The zero-order valence-electron chi connectivity index (χ0n) is 21.4. The normalized spacial score (nSPS) is 25.8. The van der Waals surface area contributed by atoms with E-state index in [4.69, 9.17) is 19.1 Å². The van der Waals surface area contributed by atoms with Crippen LogP contribution >= 0.6 is 0 Å². The fourth-order valence-corrected chi connectivity index (χ4v) is 4.66. The number of aldehydes is 1. The molecule has 8 nitrogen and oxygen atoms in total. The Morgan fingerprint density at radius 1 is 0.909 bits per heavy atom. The summed E-state index contributed by atoms with van der Waals surface area (Å²) in [4.78, 5) is 23.8. The van der Waals surface area contributed by atoms with Gasteiger partial charge in [-0.1, -0.05) is 45.4 Å². The van der Waals surface area contributed by atoms with Crippen LogP contribution in [0.25, 0.3) is 0 Å². The molecule has 194 valence electrons. The molecule has 1 N–H and O–H groups in total. The average Bonchev–Trinajstić information content (AvgIpc) is 3.35. The molecular weight excluding hydrogens is 424 g/mol. The number of nitrogens with zero attached hydrogens (tertiary/aromatic N) is 2. The number of carbonyl (C=O) groups is 1. The summed E-state index contributed by atoms with van der Waals surface area (Å²) in [6, 6.07) is 0. The molecule has 0 aromatic carbocycles. The molecule has 2 heterocycles. The monoisotopic (exact) mass is 472 g/mol. The van der Waals surface area contributed by atoms with Crippen LogP contribution in [0.3, 0.4) is 0 Å². The molecule has 3 atom stereocenters. The van der Waals surface area contributed by atoms with Crippen molar-refractivity contribution in [3.63, 3.8) is 0 Å². The molecule has 33 heavy (non-hydrogen) atoms. The molecule has 2 aliphatic rings. The third kappa shape index (κ3) is 10.3. The summed E-state index contributed by atoms with van der Waals surface area (Å²) in [6.45, 7) is 10.6.